The predicted octanol–water partition coefficient (Wildman–Crippen LogP) is 1.87. The SMILES string of the molecule is O=C(Cc1cccs1)N[C@@H]1C(=O)N2C(C(=O)O)=C(CN=CNN3CCN(c4cc5c(cc4F)c(=O)c(C(=O)O)cn5C4CC4)CC3)CS[C@H]12. The molecule has 2 aromatic heterocycles. The zero-order chi connectivity index (χ0) is 34.4. The van der Waals surface area contributed by atoms with E-state index in [9.17, 15) is 34.2 Å². The molecular weight excluding hydrogens is 678 g/mol. The van der Waals surface area contributed by atoms with Crippen molar-refractivity contribution in [2.24, 2.45) is 4.99 Å². The number of thioether (sulfide) groups is 1. The van der Waals surface area contributed by atoms with Gasteiger partial charge in [-0.1, -0.05) is 6.07 Å². The Kier molecular flexibility index (Phi) is 8.89. The smallest absolute Gasteiger partial charge is 0.352 e. The van der Waals surface area contributed by atoms with E-state index in [0.29, 0.717) is 48.7 Å². The number of carbonyl (C=O) groups is 4. The van der Waals surface area contributed by atoms with Crippen LogP contribution in [0.15, 0.2) is 56.9 Å². The van der Waals surface area contributed by atoms with E-state index in [1.165, 1.54) is 40.5 Å². The molecule has 0 radical (unpaired) electrons. The van der Waals surface area contributed by atoms with E-state index in [-0.39, 0.29) is 41.6 Å². The molecule has 7 rings (SSSR count). The number of thiophene rings is 1. The van der Waals surface area contributed by atoms with Crippen LogP contribution in [0.3, 0.4) is 0 Å². The fourth-order valence-corrected chi connectivity index (χ4v) is 8.40. The Hall–Kier alpha value is -4.74. The molecule has 0 spiro atoms. The van der Waals surface area contributed by atoms with Crippen molar-refractivity contribution in [2.75, 3.05) is 43.4 Å². The lowest BCUT2D eigenvalue weighted by Crippen LogP contribution is -2.70. The van der Waals surface area contributed by atoms with Gasteiger partial charge in [-0.05, 0) is 42.0 Å². The number of hydrogen-bond acceptors (Lipinski definition) is 10. The Morgan fingerprint density at radius 1 is 1.08 bits per heavy atom. The first kappa shape index (κ1) is 32.8. The number of rotatable bonds is 11. The first-order valence-corrected chi connectivity index (χ1v) is 17.6. The maximum Gasteiger partial charge on any atom is 0.352 e. The summed E-state index contributed by atoms with van der Waals surface area (Å²) < 4.78 is 17.1. The number of aromatic nitrogens is 1. The molecule has 17 heteroatoms. The Balaban J connectivity index is 0.953. The number of hydrogen-bond donors (Lipinski definition) is 4. The molecule has 4 N–H and O–H groups in total. The van der Waals surface area contributed by atoms with Crippen LogP contribution in [0.4, 0.5) is 10.1 Å². The van der Waals surface area contributed by atoms with Crippen LogP contribution in [0.5, 0.6) is 0 Å². The summed E-state index contributed by atoms with van der Waals surface area (Å²) in [6.07, 6.45) is 4.70. The Morgan fingerprint density at radius 2 is 1.86 bits per heavy atom. The maximum atomic E-state index is 15.3. The molecule has 49 heavy (non-hydrogen) atoms. The molecule has 2 amide bonds. The van der Waals surface area contributed by atoms with Crippen LogP contribution < -0.4 is 21.1 Å². The number of anilines is 1. The fraction of sp³-hybridized carbons (Fsp3) is 0.375. The van der Waals surface area contributed by atoms with E-state index >= 15 is 4.39 Å². The van der Waals surface area contributed by atoms with Gasteiger partial charge in [-0.25, -0.2) is 19.0 Å². The molecule has 3 aromatic rings. The van der Waals surface area contributed by atoms with Gasteiger partial charge in [0.15, 0.2) is 0 Å². The highest BCUT2D eigenvalue weighted by Crippen LogP contribution is 2.41. The lowest BCUT2D eigenvalue weighted by Gasteiger charge is -2.49. The predicted molar refractivity (Wildman–Crippen MR) is 181 cm³/mol. The fourth-order valence-electron chi connectivity index (χ4n) is 6.36. The molecule has 2 atom stereocenters. The maximum absolute atomic E-state index is 15.3. The number of carboxylic acid groups (broad SMARTS) is 2. The van der Waals surface area contributed by atoms with Gasteiger partial charge < -0.3 is 30.4 Å². The molecule has 14 nitrogen and oxygen atoms in total. The van der Waals surface area contributed by atoms with Gasteiger partial charge in [0.05, 0.1) is 30.5 Å². The first-order valence-electron chi connectivity index (χ1n) is 15.7. The van der Waals surface area contributed by atoms with Crippen molar-refractivity contribution in [3.63, 3.8) is 0 Å². The normalized spacial score (nSPS) is 21.2. The van der Waals surface area contributed by atoms with Crippen molar-refractivity contribution >= 4 is 69.8 Å². The van der Waals surface area contributed by atoms with E-state index in [0.717, 1.165) is 23.8 Å². The van der Waals surface area contributed by atoms with Crippen LogP contribution in [-0.4, -0.2) is 105 Å². The lowest BCUT2D eigenvalue weighted by atomic mass is 10.0. The first-order chi connectivity index (χ1) is 23.6. The summed E-state index contributed by atoms with van der Waals surface area (Å²) in [5.41, 5.74) is 3.24. The number of β-lactam (4-membered cyclic amide) rings is 1. The summed E-state index contributed by atoms with van der Waals surface area (Å²) in [5.74, 6) is -3.57. The number of fused-ring (bicyclic) bond motifs is 2. The number of aliphatic carboxylic acids is 1. The number of pyridine rings is 1. The summed E-state index contributed by atoms with van der Waals surface area (Å²) in [6, 6.07) is 5.74. The number of carbonyl (C=O) groups excluding carboxylic acids is 2. The van der Waals surface area contributed by atoms with Crippen molar-refractivity contribution in [2.45, 2.75) is 36.7 Å². The minimum Gasteiger partial charge on any atom is -0.477 e. The summed E-state index contributed by atoms with van der Waals surface area (Å²) in [4.78, 5) is 70.3. The molecule has 3 aliphatic heterocycles. The number of aliphatic imine (C=N–C) groups is 1. The van der Waals surface area contributed by atoms with E-state index in [4.69, 9.17) is 0 Å². The van der Waals surface area contributed by atoms with Gasteiger partial charge in [0, 0.05) is 54.4 Å². The van der Waals surface area contributed by atoms with Gasteiger partial charge >= 0.3 is 11.9 Å². The minimum atomic E-state index is -1.34. The molecule has 1 aromatic carbocycles. The van der Waals surface area contributed by atoms with Crippen LogP contribution in [0, 0.1) is 5.82 Å². The number of aromatic carboxylic acids is 1. The Morgan fingerprint density at radius 3 is 2.53 bits per heavy atom. The van der Waals surface area contributed by atoms with Crippen LogP contribution in [-0.2, 0) is 20.8 Å². The molecular formula is C32H32FN7O7S2. The van der Waals surface area contributed by atoms with Gasteiger partial charge in [0.25, 0.3) is 5.91 Å². The molecule has 3 fully saturated rings. The van der Waals surface area contributed by atoms with Crippen molar-refractivity contribution in [3.8, 4) is 0 Å². The molecule has 256 valence electrons. The molecule has 2 saturated heterocycles. The van der Waals surface area contributed by atoms with Crippen LogP contribution >= 0.6 is 23.1 Å². The van der Waals surface area contributed by atoms with Gasteiger partial charge in [-0.3, -0.25) is 24.3 Å². The number of amides is 2. The van der Waals surface area contributed by atoms with Gasteiger partial charge in [-0.15, -0.1) is 23.1 Å². The van der Waals surface area contributed by atoms with E-state index in [1.54, 1.807) is 10.6 Å². The number of nitrogens with one attached hydrogen (secondary N) is 2. The van der Waals surface area contributed by atoms with Gasteiger partial charge in [-0.2, -0.15) is 0 Å². The quantitative estimate of drug-likeness (QED) is 0.130. The zero-order valence-electron chi connectivity index (χ0n) is 26.0. The molecule has 0 bridgehead atoms. The zero-order valence-corrected chi connectivity index (χ0v) is 27.6. The highest BCUT2D eigenvalue weighted by atomic mass is 32.2. The number of nitrogens with zero attached hydrogens (tertiary/aromatic N) is 5. The van der Waals surface area contributed by atoms with E-state index < -0.39 is 40.5 Å². The van der Waals surface area contributed by atoms with E-state index in [2.05, 4.69) is 15.7 Å². The number of piperazine rings is 1. The van der Waals surface area contributed by atoms with E-state index in [1.807, 2.05) is 27.4 Å². The van der Waals surface area contributed by atoms with Gasteiger partial charge in [0.2, 0.25) is 11.3 Å². The summed E-state index contributed by atoms with van der Waals surface area (Å²) in [7, 11) is 0. The van der Waals surface area contributed by atoms with Crippen molar-refractivity contribution in [3.05, 3.63) is 73.6 Å². The summed E-state index contributed by atoms with van der Waals surface area (Å²) in [6.45, 7) is 1.97. The number of benzene rings is 1. The highest BCUT2D eigenvalue weighted by molar-refractivity contribution is 8.00. The lowest BCUT2D eigenvalue weighted by molar-refractivity contribution is -0.150. The standard InChI is InChI=1S/C32H32FN7O7S2/c33-22-11-20-23(39(18-3-4-18)14-21(28(20)42)31(44)45)12-24(22)37-5-7-38(8-6-37)35-16-34-13-17-15-49-30-26(29(43)40(30)27(17)32(46)47)36-25(41)10-19-2-1-9-48-19/h1-2,9,11-12,14,16,18,26,30H,3-8,10,13,15H2,(H,34,35)(H,36,41)(H,44,45)(H,46,47)/t26-,30-/m1/s1. The molecule has 1 aliphatic carbocycles. The largest absolute Gasteiger partial charge is 0.477 e. The van der Waals surface area contributed by atoms with Crippen molar-refractivity contribution in [1.82, 2.24) is 25.2 Å². The molecule has 5 heterocycles. The summed E-state index contributed by atoms with van der Waals surface area (Å²) in [5, 5.41) is 25.5. The van der Waals surface area contributed by atoms with Crippen molar-refractivity contribution in [1.29, 1.82) is 0 Å². The monoisotopic (exact) mass is 709 g/mol. The average molecular weight is 710 g/mol. The Bertz CT molecular complexity index is 1970. The Labute approximate surface area is 286 Å². The third-order valence-electron chi connectivity index (χ3n) is 8.99. The third-order valence-corrected chi connectivity index (χ3v) is 11.2. The number of hydrazine groups is 1. The second-order valence-electron chi connectivity index (χ2n) is 12.2. The average Bonchev–Trinajstić information content (AvgIpc) is 3.80. The third kappa shape index (κ3) is 6.40. The van der Waals surface area contributed by atoms with Crippen LogP contribution in [0.2, 0.25) is 0 Å². The van der Waals surface area contributed by atoms with Crippen LogP contribution in [0.25, 0.3) is 10.9 Å². The summed E-state index contributed by atoms with van der Waals surface area (Å²) >= 11 is 2.83. The highest BCUT2D eigenvalue weighted by Gasteiger charge is 2.54. The molecule has 4 aliphatic rings. The van der Waals surface area contributed by atoms with Crippen LogP contribution in [0.1, 0.15) is 34.1 Å². The number of halogens is 1. The second-order valence-corrected chi connectivity index (χ2v) is 14.3. The molecule has 0 unspecified atom stereocenters. The van der Waals surface area contributed by atoms with Crippen molar-refractivity contribution < 1.29 is 33.8 Å². The second kappa shape index (κ2) is 13.3. The number of carboxylic acids is 2. The topological polar surface area (TPSA) is 177 Å². The molecule has 1 saturated carbocycles. The minimum absolute atomic E-state index is 0.0486. The van der Waals surface area contributed by atoms with Gasteiger partial charge in [0.1, 0.15) is 28.5 Å².